The Morgan fingerprint density at radius 1 is 0.618 bits per heavy atom. The van der Waals surface area contributed by atoms with Gasteiger partial charge in [-0.2, -0.15) is 0 Å². The van der Waals surface area contributed by atoms with Gasteiger partial charge in [0.05, 0.1) is 27.5 Å². The van der Waals surface area contributed by atoms with Gasteiger partial charge in [0.2, 0.25) is 0 Å². The topological polar surface area (TPSA) is 52.2 Å². The van der Waals surface area contributed by atoms with Crippen LogP contribution in [0.2, 0.25) is 0 Å². The maximum Gasteiger partial charge on any atom is 0.267 e. The molecule has 0 unspecified atom stereocenters. The Bertz CT molecular complexity index is 1930. The summed E-state index contributed by atoms with van der Waals surface area (Å²) in [6.07, 6.45) is 0. The van der Waals surface area contributed by atoms with Crippen molar-refractivity contribution in [1.29, 1.82) is 0 Å². The maximum atomic E-state index is 14.0. The highest BCUT2D eigenvalue weighted by Gasteiger charge is 2.20. The third-order valence-electron chi connectivity index (χ3n) is 6.31. The Morgan fingerprint density at radius 2 is 1.26 bits per heavy atom. The third-order valence-corrected chi connectivity index (χ3v) is 6.31. The van der Waals surface area contributed by atoms with Gasteiger partial charge in [0.25, 0.3) is 5.56 Å². The second-order valence-electron chi connectivity index (χ2n) is 8.31. The number of fused-ring (bicyclic) bond motifs is 6. The zero-order valence-corrected chi connectivity index (χ0v) is 18.1. The average Bonchev–Trinajstić information content (AvgIpc) is 3.28. The fourth-order valence-corrected chi connectivity index (χ4v) is 4.77. The van der Waals surface area contributed by atoms with E-state index in [1.54, 1.807) is 4.57 Å². The molecule has 0 amide bonds. The highest BCUT2D eigenvalue weighted by Crippen LogP contribution is 2.30. The molecule has 34 heavy (non-hydrogen) atoms. The van der Waals surface area contributed by atoms with Gasteiger partial charge in [-0.05, 0) is 36.4 Å². The van der Waals surface area contributed by atoms with Crippen molar-refractivity contribution in [3.63, 3.8) is 0 Å². The molecule has 0 bridgehead atoms. The largest absolute Gasteiger partial charge is 0.295 e. The van der Waals surface area contributed by atoms with Crippen molar-refractivity contribution in [2.75, 3.05) is 0 Å². The summed E-state index contributed by atoms with van der Waals surface area (Å²) < 4.78 is 3.85. The lowest BCUT2D eigenvalue weighted by molar-refractivity contribution is 0.962. The predicted molar refractivity (Wildman–Crippen MR) is 137 cm³/mol. The van der Waals surface area contributed by atoms with E-state index in [1.165, 1.54) is 0 Å². The average molecular weight is 438 g/mol. The molecule has 0 saturated heterocycles. The highest BCUT2D eigenvalue weighted by molar-refractivity contribution is 5.94. The molecule has 7 rings (SSSR count). The quantitative estimate of drug-likeness (QED) is 0.332. The number of rotatable bonds is 2. The molecule has 4 aromatic carbocycles. The van der Waals surface area contributed by atoms with Crippen LogP contribution in [0.5, 0.6) is 0 Å². The fourth-order valence-electron chi connectivity index (χ4n) is 4.77. The fraction of sp³-hybridized carbons (Fsp3) is 0. The van der Waals surface area contributed by atoms with E-state index < -0.39 is 0 Å². The van der Waals surface area contributed by atoms with Crippen LogP contribution in [0.4, 0.5) is 0 Å². The van der Waals surface area contributed by atoms with Gasteiger partial charge in [0.1, 0.15) is 11.3 Å². The normalized spacial score (nSPS) is 11.6. The van der Waals surface area contributed by atoms with Crippen LogP contribution >= 0.6 is 0 Å². The summed E-state index contributed by atoms with van der Waals surface area (Å²) in [5, 5.41) is 1.69. The number of hydrogen-bond donors (Lipinski definition) is 0. The van der Waals surface area contributed by atoms with Crippen LogP contribution < -0.4 is 5.56 Å². The monoisotopic (exact) mass is 438 g/mol. The zero-order chi connectivity index (χ0) is 22.6. The van der Waals surface area contributed by atoms with Crippen molar-refractivity contribution in [3.05, 3.63) is 120 Å². The van der Waals surface area contributed by atoms with Gasteiger partial charge in [0.15, 0.2) is 5.82 Å². The minimum absolute atomic E-state index is 0.118. The first-order valence-electron chi connectivity index (χ1n) is 11.2. The zero-order valence-electron chi connectivity index (χ0n) is 18.1. The van der Waals surface area contributed by atoms with E-state index in [1.807, 2.05) is 91.0 Å². The Morgan fingerprint density at radius 3 is 2.09 bits per heavy atom. The van der Waals surface area contributed by atoms with Gasteiger partial charge in [-0.25, -0.2) is 14.5 Å². The Balaban J connectivity index is 1.72. The van der Waals surface area contributed by atoms with Crippen LogP contribution in [-0.2, 0) is 0 Å². The van der Waals surface area contributed by atoms with E-state index in [2.05, 4.69) is 22.6 Å². The van der Waals surface area contributed by atoms with Gasteiger partial charge in [-0.15, -0.1) is 0 Å². The summed E-state index contributed by atoms with van der Waals surface area (Å²) in [5.74, 6) is 0.522. The number of hydrogen-bond acceptors (Lipinski definition) is 3. The summed E-state index contributed by atoms with van der Waals surface area (Å²) in [5.41, 5.74) is 5.66. The summed E-state index contributed by atoms with van der Waals surface area (Å²) in [6, 6.07) is 35.6. The number of aromatic nitrogens is 4. The lowest BCUT2D eigenvalue weighted by Gasteiger charge is -2.15. The molecule has 0 atom stereocenters. The smallest absolute Gasteiger partial charge is 0.267 e. The van der Waals surface area contributed by atoms with Gasteiger partial charge < -0.3 is 0 Å². The molecule has 0 aliphatic rings. The molecule has 0 aliphatic heterocycles. The summed E-state index contributed by atoms with van der Waals surface area (Å²) >= 11 is 0. The van der Waals surface area contributed by atoms with Gasteiger partial charge >= 0.3 is 0 Å². The summed E-state index contributed by atoms with van der Waals surface area (Å²) in [4.78, 5) is 24.0. The molecule has 3 heterocycles. The highest BCUT2D eigenvalue weighted by atomic mass is 16.1. The lowest BCUT2D eigenvalue weighted by Crippen LogP contribution is -2.23. The molecule has 160 valence electrons. The van der Waals surface area contributed by atoms with E-state index in [0.717, 1.165) is 38.7 Å². The van der Waals surface area contributed by atoms with Crippen molar-refractivity contribution in [3.8, 4) is 17.1 Å². The number of para-hydroxylation sites is 4. The van der Waals surface area contributed by atoms with E-state index in [4.69, 9.17) is 9.97 Å². The molecule has 7 aromatic rings. The molecule has 0 saturated carbocycles. The van der Waals surface area contributed by atoms with E-state index >= 15 is 0 Å². The molecule has 0 fully saturated rings. The minimum atomic E-state index is -0.118. The number of benzene rings is 4. The van der Waals surface area contributed by atoms with Crippen LogP contribution in [0.25, 0.3) is 55.6 Å². The second kappa shape index (κ2) is 7.12. The predicted octanol–water partition coefficient (Wildman–Crippen LogP) is 6.01. The molecule has 5 nitrogen and oxygen atoms in total. The Hall–Kier alpha value is -4.77. The Labute approximate surface area is 194 Å². The van der Waals surface area contributed by atoms with Crippen LogP contribution in [0, 0.1) is 0 Å². The first-order valence-corrected chi connectivity index (χ1v) is 11.2. The standard InChI is InChI=1S/C29H18N4O/c34-29-21-13-5-9-17-25(21)32-24-16-8-4-12-20(24)18-26(32)33(29)28-27(19-10-2-1-3-11-19)30-22-14-6-7-15-23(22)31-28/h1-18H. The van der Waals surface area contributed by atoms with Gasteiger partial charge in [-0.3, -0.25) is 9.20 Å². The third kappa shape index (κ3) is 2.64. The van der Waals surface area contributed by atoms with Crippen molar-refractivity contribution in [1.82, 2.24) is 18.9 Å². The molecule has 5 heteroatoms. The van der Waals surface area contributed by atoms with Crippen LogP contribution in [-0.4, -0.2) is 18.9 Å². The van der Waals surface area contributed by atoms with E-state index in [-0.39, 0.29) is 5.56 Å². The molecule has 0 spiro atoms. The lowest BCUT2D eigenvalue weighted by atomic mass is 10.1. The van der Waals surface area contributed by atoms with Crippen molar-refractivity contribution in [2.45, 2.75) is 0 Å². The van der Waals surface area contributed by atoms with Crippen LogP contribution in [0.3, 0.4) is 0 Å². The maximum absolute atomic E-state index is 14.0. The van der Waals surface area contributed by atoms with Gasteiger partial charge in [0, 0.05) is 10.9 Å². The first kappa shape index (κ1) is 18.8. The van der Waals surface area contributed by atoms with Crippen LogP contribution in [0.15, 0.2) is 114 Å². The molecule has 0 N–H and O–H groups in total. The van der Waals surface area contributed by atoms with E-state index in [9.17, 15) is 4.79 Å². The molecule has 0 radical (unpaired) electrons. The minimum Gasteiger partial charge on any atom is -0.295 e. The molecular weight excluding hydrogens is 420 g/mol. The van der Waals surface area contributed by atoms with Crippen LogP contribution in [0.1, 0.15) is 0 Å². The number of nitrogens with zero attached hydrogens (tertiary/aromatic N) is 4. The summed E-state index contributed by atoms with van der Waals surface area (Å²) in [6.45, 7) is 0. The van der Waals surface area contributed by atoms with Crippen molar-refractivity contribution in [2.24, 2.45) is 0 Å². The van der Waals surface area contributed by atoms with Crippen molar-refractivity contribution < 1.29 is 0 Å². The first-order chi connectivity index (χ1) is 16.8. The molecule has 3 aromatic heterocycles. The SMILES string of the molecule is O=c1c2ccccc2n2c3ccccc3cc2n1-c1nc2ccccc2nc1-c1ccccc1. The van der Waals surface area contributed by atoms with E-state index in [0.29, 0.717) is 16.9 Å². The summed E-state index contributed by atoms with van der Waals surface area (Å²) in [7, 11) is 0. The van der Waals surface area contributed by atoms with Gasteiger partial charge in [-0.1, -0.05) is 72.8 Å². The molecule has 0 aliphatic carbocycles. The Kier molecular flexibility index (Phi) is 3.93. The molecular formula is C29H18N4O. The van der Waals surface area contributed by atoms with Crippen molar-refractivity contribution >= 4 is 38.5 Å². The second-order valence-corrected chi connectivity index (χ2v) is 8.31.